The molecular formula is C14H15ClN2. The molecule has 0 atom stereocenters. The molecular weight excluding hydrogens is 232 g/mol. The van der Waals surface area contributed by atoms with Crippen molar-refractivity contribution in [1.29, 1.82) is 0 Å². The van der Waals surface area contributed by atoms with E-state index in [9.17, 15) is 0 Å². The van der Waals surface area contributed by atoms with Crippen LogP contribution in [-0.4, -0.2) is 18.9 Å². The van der Waals surface area contributed by atoms with E-state index in [1.54, 1.807) is 0 Å². The molecule has 1 heterocycles. The number of amidine groups is 1. The first-order valence-electron chi connectivity index (χ1n) is 5.67. The van der Waals surface area contributed by atoms with Gasteiger partial charge in [-0.15, -0.1) is 12.4 Å². The average molecular weight is 247 g/mol. The van der Waals surface area contributed by atoms with Gasteiger partial charge in [0.05, 0.1) is 6.54 Å². The monoisotopic (exact) mass is 246 g/mol. The molecule has 0 saturated carbocycles. The molecule has 2 nitrogen and oxygen atoms in total. The third-order valence-electron chi connectivity index (χ3n) is 2.93. The van der Waals surface area contributed by atoms with Crippen LogP contribution in [0.2, 0.25) is 0 Å². The summed E-state index contributed by atoms with van der Waals surface area (Å²) in [4.78, 5) is 4.42. The van der Waals surface area contributed by atoms with E-state index in [2.05, 4.69) is 52.8 Å². The van der Waals surface area contributed by atoms with Crippen molar-refractivity contribution in [2.24, 2.45) is 4.99 Å². The quantitative estimate of drug-likeness (QED) is 0.866. The van der Waals surface area contributed by atoms with Crippen LogP contribution >= 0.6 is 12.4 Å². The maximum atomic E-state index is 4.42. The Morgan fingerprint density at radius 2 is 1.88 bits per heavy atom. The Morgan fingerprint density at radius 1 is 1.06 bits per heavy atom. The highest BCUT2D eigenvalue weighted by atomic mass is 35.5. The Balaban J connectivity index is 0.00000108. The summed E-state index contributed by atoms with van der Waals surface area (Å²) in [7, 11) is 0. The van der Waals surface area contributed by atoms with E-state index >= 15 is 0 Å². The van der Waals surface area contributed by atoms with Gasteiger partial charge in [0.25, 0.3) is 0 Å². The van der Waals surface area contributed by atoms with E-state index in [1.807, 2.05) is 0 Å². The lowest BCUT2D eigenvalue weighted by molar-refractivity contribution is 0.953. The summed E-state index contributed by atoms with van der Waals surface area (Å²) >= 11 is 0. The fraction of sp³-hybridized carbons (Fsp3) is 0.214. The van der Waals surface area contributed by atoms with E-state index in [4.69, 9.17) is 0 Å². The Hall–Kier alpha value is -1.54. The number of halogens is 1. The van der Waals surface area contributed by atoms with Crippen LogP contribution in [0, 0.1) is 0 Å². The molecule has 0 aromatic heterocycles. The molecule has 2 aromatic carbocycles. The van der Waals surface area contributed by atoms with Crippen molar-refractivity contribution in [3.63, 3.8) is 0 Å². The molecule has 0 unspecified atom stereocenters. The third-order valence-corrected chi connectivity index (χ3v) is 2.93. The van der Waals surface area contributed by atoms with Crippen LogP contribution in [0.1, 0.15) is 5.56 Å². The zero-order valence-electron chi connectivity index (χ0n) is 9.52. The predicted octanol–water partition coefficient (Wildman–Crippen LogP) is 2.81. The van der Waals surface area contributed by atoms with Gasteiger partial charge in [0.2, 0.25) is 0 Å². The Bertz CT molecular complexity index is 549. The maximum Gasteiger partial charge on any atom is 0.101 e. The molecule has 3 rings (SSSR count). The molecule has 1 aliphatic heterocycles. The fourth-order valence-corrected chi connectivity index (χ4v) is 2.11. The predicted molar refractivity (Wildman–Crippen MR) is 75.2 cm³/mol. The van der Waals surface area contributed by atoms with E-state index < -0.39 is 0 Å². The lowest BCUT2D eigenvalue weighted by Gasteiger charge is -2.04. The second-order valence-electron chi connectivity index (χ2n) is 4.11. The van der Waals surface area contributed by atoms with Gasteiger partial charge in [0.15, 0.2) is 0 Å². The molecule has 0 aliphatic carbocycles. The van der Waals surface area contributed by atoms with E-state index in [1.165, 1.54) is 16.3 Å². The topological polar surface area (TPSA) is 24.4 Å². The summed E-state index contributed by atoms with van der Waals surface area (Å²) in [5.41, 5.74) is 1.33. The van der Waals surface area contributed by atoms with Gasteiger partial charge >= 0.3 is 0 Å². The summed E-state index contributed by atoms with van der Waals surface area (Å²) in [6.07, 6.45) is 0.921. The van der Waals surface area contributed by atoms with Gasteiger partial charge in [-0.1, -0.05) is 42.5 Å². The summed E-state index contributed by atoms with van der Waals surface area (Å²) in [6.45, 7) is 1.91. The first-order valence-corrected chi connectivity index (χ1v) is 5.67. The number of benzene rings is 2. The van der Waals surface area contributed by atoms with Crippen molar-refractivity contribution in [2.75, 3.05) is 13.1 Å². The van der Waals surface area contributed by atoms with Crippen molar-refractivity contribution in [2.45, 2.75) is 6.42 Å². The highest BCUT2D eigenvalue weighted by Crippen LogP contribution is 2.16. The lowest BCUT2D eigenvalue weighted by atomic mass is 10.0. The molecule has 0 radical (unpaired) electrons. The highest BCUT2D eigenvalue weighted by molar-refractivity contribution is 5.88. The minimum absolute atomic E-state index is 0. The fourth-order valence-electron chi connectivity index (χ4n) is 2.11. The van der Waals surface area contributed by atoms with Crippen LogP contribution in [0.5, 0.6) is 0 Å². The van der Waals surface area contributed by atoms with E-state index in [0.29, 0.717) is 0 Å². The number of rotatable bonds is 2. The number of hydrogen-bond acceptors (Lipinski definition) is 2. The number of aliphatic imine (C=N–C) groups is 1. The molecule has 1 aliphatic rings. The average Bonchev–Trinajstić information content (AvgIpc) is 2.82. The molecule has 2 aromatic rings. The van der Waals surface area contributed by atoms with Crippen molar-refractivity contribution < 1.29 is 0 Å². The van der Waals surface area contributed by atoms with Gasteiger partial charge < -0.3 is 5.32 Å². The maximum absolute atomic E-state index is 4.42. The van der Waals surface area contributed by atoms with Crippen LogP contribution in [0.15, 0.2) is 47.5 Å². The second kappa shape index (κ2) is 5.19. The molecule has 0 saturated heterocycles. The van der Waals surface area contributed by atoms with Crippen molar-refractivity contribution in [3.05, 3.63) is 48.0 Å². The first-order chi connectivity index (χ1) is 7.92. The van der Waals surface area contributed by atoms with Gasteiger partial charge in [-0.2, -0.15) is 0 Å². The van der Waals surface area contributed by atoms with Crippen LogP contribution in [0.4, 0.5) is 0 Å². The van der Waals surface area contributed by atoms with Crippen molar-refractivity contribution in [3.8, 4) is 0 Å². The summed E-state index contributed by atoms with van der Waals surface area (Å²) < 4.78 is 0. The number of nitrogens with zero attached hydrogens (tertiary/aromatic N) is 1. The minimum Gasteiger partial charge on any atom is -0.372 e. The first kappa shape index (κ1) is 11.9. The number of fused-ring (bicyclic) bond motifs is 1. The van der Waals surface area contributed by atoms with Crippen LogP contribution in [0.25, 0.3) is 10.8 Å². The molecule has 3 heteroatoms. The van der Waals surface area contributed by atoms with E-state index in [0.717, 1.165) is 25.3 Å². The third kappa shape index (κ3) is 2.59. The van der Waals surface area contributed by atoms with E-state index in [-0.39, 0.29) is 12.4 Å². The zero-order valence-corrected chi connectivity index (χ0v) is 10.3. The van der Waals surface area contributed by atoms with Crippen LogP contribution < -0.4 is 5.32 Å². The SMILES string of the molecule is Cl.c1ccc2cc(CC3=NCCN3)ccc2c1. The molecule has 0 amide bonds. The summed E-state index contributed by atoms with van der Waals surface area (Å²) in [5, 5.41) is 5.91. The van der Waals surface area contributed by atoms with Gasteiger partial charge in [-0.05, 0) is 16.3 Å². The molecule has 0 fully saturated rings. The molecule has 1 N–H and O–H groups in total. The second-order valence-corrected chi connectivity index (χ2v) is 4.11. The smallest absolute Gasteiger partial charge is 0.101 e. The molecule has 88 valence electrons. The lowest BCUT2D eigenvalue weighted by Crippen LogP contribution is -2.20. The Labute approximate surface area is 107 Å². The Morgan fingerprint density at radius 3 is 2.65 bits per heavy atom. The van der Waals surface area contributed by atoms with Crippen LogP contribution in [0.3, 0.4) is 0 Å². The Kier molecular flexibility index (Phi) is 3.64. The summed E-state index contributed by atoms with van der Waals surface area (Å²) in [5.74, 6) is 1.12. The standard InChI is InChI=1S/C14H14N2.ClH/c1-2-4-13-9-11(5-6-12(13)3-1)10-14-15-7-8-16-14;/h1-6,9H,7-8,10H2,(H,15,16);1H. The largest absolute Gasteiger partial charge is 0.372 e. The normalized spacial score (nSPS) is 14.0. The van der Waals surface area contributed by atoms with Crippen LogP contribution in [-0.2, 0) is 6.42 Å². The molecule has 17 heavy (non-hydrogen) atoms. The van der Waals surface area contributed by atoms with Crippen molar-refractivity contribution >= 4 is 29.0 Å². The minimum atomic E-state index is 0. The van der Waals surface area contributed by atoms with Crippen molar-refractivity contribution in [1.82, 2.24) is 5.32 Å². The molecule has 0 spiro atoms. The zero-order chi connectivity index (χ0) is 10.8. The number of hydrogen-bond donors (Lipinski definition) is 1. The molecule has 0 bridgehead atoms. The van der Waals surface area contributed by atoms with Gasteiger partial charge in [-0.25, -0.2) is 0 Å². The number of nitrogens with one attached hydrogen (secondary N) is 1. The van der Waals surface area contributed by atoms with Gasteiger partial charge in [0, 0.05) is 13.0 Å². The highest BCUT2D eigenvalue weighted by Gasteiger charge is 2.05. The van der Waals surface area contributed by atoms with Gasteiger partial charge in [-0.3, -0.25) is 4.99 Å². The summed E-state index contributed by atoms with van der Waals surface area (Å²) in [6, 6.07) is 15.1. The van der Waals surface area contributed by atoms with Gasteiger partial charge in [0.1, 0.15) is 5.84 Å².